The molecule has 0 heterocycles. The van der Waals surface area contributed by atoms with Crippen molar-refractivity contribution in [1.82, 2.24) is 0 Å². The number of benzene rings is 1. The van der Waals surface area contributed by atoms with E-state index in [-0.39, 0.29) is 0 Å². The minimum Gasteiger partial charge on any atom is -0.497 e. The van der Waals surface area contributed by atoms with Gasteiger partial charge in [-0.15, -0.1) is 11.8 Å². The third-order valence-electron chi connectivity index (χ3n) is 1.63. The van der Waals surface area contributed by atoms with Crippen molar-refractivity contribution in [2.45, 2.75) is 24.3 Å². The Bertz CT molecular complexity index is 292. The Kier molecular flexibility index (Phi) is 3.84. The Morgan fingerprint density at radius 1 is 1.43 bits per heavy atom. The van der Waals surface area contributed by atoms with Crippen LogP contribution >= 0.6 is 11.8 Å². The molecule has 0 bridgehead atoms. The smallest absolute Gasteiger partial charge is 0.119 e. The molecular weight excluding hydrogens is 196 g/mol. The molecule has 78 valence electrons. The van der Waals surface area contributed by atoms with Crippen molar-refractivity contribution in [3.63, 3.8) is 0 Å². The molecule has 1 N–H and O–H groups in total. The Morgan fingerprint density at radius 3 is 2.71 bits per heavy atom. The summed E-state index contributed by atoms with van der Waals surface area (Å²) in [5.41, 5.74) is -0.631. The molecule has 1 aromatic rings. The molecule has 0 aromatic heterocycles. The second kappa shape index (κ2) is 4.71. The van der Waals surface area contributed by atoms with Crippen molar-refractivity contribution >= 4 is 11.8 Å². The summed E-state index contributed by atoms with van der Waals surface area (Å²) in [6.07, 6.45) is 0. The van der Waals surface area contributed by atoms with E-state index in [2.05, 4.69) is 0 Å². The number of aliphatic hydroxyl groups is 1. The lowest BCUT2D eigenvalue weighted by molar-refractivity contribution is 0.107. The highest BCUT2D eigenvalue weighted by Crippen LogP contribution is 2.25. The molecule has 0 fully saturated rings. The quantitative estimate of drug-likeness (QED) is 0.778. The molecular formula is C11H16O2S. The van der Waals surface area contributed by atoms with E-state index < -0.39 is 5.60 Å². The maximum atomic E-state index is 9.55. The molecule has 0 atom stereocenters. The number of hydrogen-bond donors (Lipinski definition) is 1. The molecule has 0 unspecified atom stereocenters. The van der Waals surface area contributed by atoms with Crippen molar-refractivity contribution in [2.24, 2.45) is 0 Å². The van der Waals surface area contributed by atoms with Crippen molar-refractivity contribution in [3.8, 4) is 5.75 Å². The molecule has 0 aliphatic heterocycles. The van der Waals surface area contributed by atoms with Gasteiger partial charge in [0.15, 0.2) is 0 Å². The van der Waals surface area contributed by atoms with E-state index in [1.165, 1.54) is 0 Å². The Labute approximate surface area is 89.3 Å². The summed E-state index contributed by atoms with van der Waals surface area (Å²) >= 11 is 1.63. The van der Waals surface area contributed by atoms with E-state index in [0.29, 0.717) is 5.75 Å². The van der Waals surface area contributed by atoms with Crippen molar-refractivity contribution in [1.29, 1.82) is 0 Å². The van der Waals surface area contributed by atoms with Crippen LogP contribution < -0.4 is 4.74 Å². The fourth-order valence-electron chi connectivity index (χ4n) is 0.951. The Balaban J connectivity index is 2.59. The van der Waals surface area contributed by atoms with Crippen LogP contribution in [0.25, 0.3) is 0 Å². The molecule has 1 aromatic carbocycles. The van der Waals surface area contributed by atoms with Gasteiger partial charge in [-0.25, -0.2) is 0 Å². The maximum Gasteiger partial charge on any atom is 0.119 e. The summed E-state index contributed by atoms with van der Waals surface area (Å²) in [7, 11) is 1.65. The van der Waals surface area contributed by atoms with Crippen LogP contribution in [0.3, 0.4) is 0 Å². The van der Waals surface area contributed by atoms with Crippen LogP contribution in [0.4, 0.5) is 0 Å². The van der Waals surface area contributed by atoms with E-state index in [9.17, 15) is 5.11 Å². The molecule has 3 heteroatoms. The van der Waals surface area contributed by atoms with Crippen molar-refractivity contribution in [2.75, 3.05) is 12.9 Å². The van der Waals surface area contributed by atoms with Gasteiger partial charge in [0.05, 0.1) is 12.7 Å². The predicted octanol–water partition coefficient (Wildman–Crippen LogP) is 2.56. The second-order valence-corrected chi connectivity index (χ2v) is 4.83. The standard InChI is InChI=1S/C11H16O2S/c1-11(2,12)8-14-10-6-4-5-9(7-10)13-3/h4-7,12H,8H2,1-3H3. The van der Waals surface area contributed by atoms with Crippen LogP contribution in [-0.4, -0.2) is 23.6 Å². The van der Waals surface area contributed by atoms with Gasteiger partial charge in [-0.3, -0.25) is 0 Å². The molecule has 14 heavy (non-hydrogen) atoms. The largest absolute Gasteiger partial charge is 0.497 e. The first-order chi connectivity index (χ1) is 6.51. The first kappa shape index (κ1) is 11.4. The van der Waals surface area contributed by atoms with Crippen LogP contribution in [0.2, 0.25) is 0 Å². The van der Waals surface area contributed by atoms with Crippen LogP contribution in [0.1, 0.15) is 13.8 Å². The van der Waals surface area contributed by atoms with E-state index in [1.807, 2.05) is 24.3 Å². The summed E-state index contributed by atoms with van der Waals surface area (Å²) in [6, 6.07) is 7.84. The van der Waals surface area contributed by atoms with E-state index >= 15 is 0 Å². The predicted molar refractivity (Wildman–Crippen MR) is 60.0 cm³/mol. The highest BCUT2D eigenvalue weighted by molar-refractivity contribution is 7.99. The zero-order chi connectivity index (χ0) is 10.6. The highest BCUT2D eigenvalue weighted by Gasteiger charge is 2.12. The molecule has 0 radical (unpaired) electrons. The number of ether oxygens (including phenoxy) is 1. The van der Waals surface area contributed by atoms with Crippen molar-refractivity contribution < 1.29 is 9.84 Å². The topological polar surface area (TPSA) is 29.5 Å². The van der Waals surface area contributed by atoms with E-state index in [1.54, 1.807) is 32.7 Å². The minimum absolute atomic E-state index is 0.631. The Morgan fingerprint density at radius 2 is 2.14 bits per heavy atom. The fraction of sp³-hybridized carbons (Fsp3) is 0.455. The van der Waals surface area contributed by atoms with Crippen LogP contribution in [0.5, 0.6) is 5.75 Å². The van der Waals surface area contributed by atoms with Gasteiger partial charge >= 0.3 is 0 Å². The lowest BCUT2D eigenvalue weighted by Gasteiger charge is -2.16. The number of methoxy groups -OCH3 is 1. The van der Waals surface area contributed by atoms with Gasteiger partial charge in [-0.05, 0) is 32.0 Å². The SMILES string of the molecule is COc1cccc(SCC(C)(C)O)c1. The number of rotatable bonds is 4. The molecule has 2 nitrogen and oxygen atoms in total. The molecule has 0 aliphatic rings. The minimum atomic E-state index is -0.631. The van der Waals surface area contributed by atoms with Crippen LogP contribution in [0.15, 0.2) is 29.2 Å². The summed E-state index contributed by atoms with van der Waals surface area (Å²) in [4.78, 5) is 1.12. The monoisotopic (exact) mass is 212 g/mol. The number of thioether (sulfide) groups is 1. The molecule has 0 spiro atoms. The van der Waals surface area contributed by atoms with Crippen LogP contribution in [0, 0.1) is 0 Å². The Hall–Kier alpha value is -0.670. The van der Waals surface area contributed by atoms with Gasteiger partial charge in [-0.1, -0.05) is 6.07 Å². The van der Waals surface area contributed by atoms with Crippen LogP contribution in [-0.2, 0) is 0 Å². The molecule has 0 aliphatic carbocycles. The average Bonchev–Trinajstić information content (AvgIpc) is 2.14. The van der Waals surface area contributed by atoms with Gasteiger partial charge in [-0.2, -0.15) is 0 Å². The highest BCUT2D eigenvalue weighted by atomic mass is 32.2. The zero-order valence-corrected chi connectivity index (χ0v) is 9.60. The normalized spacial score (nSPS) is 11.4. The summed E-state index contributed by atoms with van der Waals surface area (Å²) in [6.45, 7) is 3.61. The van der Waals surface area contributed by atoms with Gasteiger partial charge < -0.3 is 9.84 Å². The average molecular weight is 212 g/mol. The summed E-state index contributed by atoms with van der Waals surface area (Å²) in [5.74, 6) is 1.53. The van der Waals surface area contributed by atoms with Gasteiger partial charge in [0.25, 0.3) is 0 Å². The number of hydrogen-bond acceptors (Lipinski definition) is 3. The first-order valence-corrected chi connectivity index (χ1v) is 5.49. The first-order valence-electron chi connectivity index (χ1n) is 4.50. The molecule has 1 rings (SSSR count). The molecule has 0 amide bonds. The lowest BCUT2D eigenvalue weighted by Crippen LogP contribution is -2.21. The van der Waals surface area contributed by atoms with Gasteiger partial charge in [0.2, 0.25) is 0 Å². The maximum absolute atomic E-state index is 9.55. The molecule has 0 saturated carbocycles. The zero-order valence-electron chi connectivity index (χ0n) is 8.78. The third-order valence-corrected chi connectivity index (χ3v) is 3.07. The third kappa shape index (κ3) is 4.03. The van der Waals surface area contributed by atoms with Crippen molar-refractivity contribution in [3.05, 3.63) is 24.3 Å². The molecule has 0 saturated heterocycles. The fourth-order valence-corrected chi connectivity index (χ4v) is 1.85. The van der Waals surface area contributed by atoms with E-state index in [0.717, 1.165) is 10.6 Å². The van der Waals surface area contributed by atoms with Gasteiger partial charge in [0, 0.05) is 10.6 Å². The summed E-state index contributed by atoms with van der Waals surface area (Å²) < 4.78 is 5.11. The van der Waals surface area contributed by atoms with Gasteiger partial charge in [0.1, 0.15) is 5.75 Å². The second-order valence-electron chi connectivity index (χ2n) is 3.78. The lowest BCUT2D eigenvalue weighted by atomic mass is 10.2. The summed E-state index contributed by atoms with van der Waals surface area (Å²) in [5, 5.41) is 9.55. The van der Waals surface area contributed by atoms with E-state index in [4.69, 9.17) is 4.74 Å².